The summed E-state index contributed by atoms with van der Waals surface area (Å²) in [5.74, 6) is 0.0680. The van der Waals surface area contributed by atoms with Gasteiger partial charge in [-0.25, -0.2) is 4.39 Å². The monoisotopic (exact) mass is 548 g/mol. The second-order valence-corrected chi connectivity index (χ2v) is 10.7. The van der Waals surface area contributed by atoms with Crippen molar-refractivity contribution in [2.24, 2.45) is 7.05 Å². The van der Waals surface area contributed by atoms with E-state index in [4.69, 9.17) is 0 Å². The summed E-state index contributed by atoms with van der Waals surface area (Å²) >= 11 is 0. The van der Waals surface area contributed by atoms with E-state index in [0.717, 1.165) is 16.0 Å². The Morgan fingerprint density at radius 3 is 2.62 bits per heavy atom. The normalized spacial score (nSPS) is 16.5. The minimum Gasteiger partial charge on any atom is -0.322 e. The second-order valence-electron chi connectivity index (χ2n) is 10.7. The minimum atomic E-state index is -4.47. The molecule has 1 atom stereocenters. The quantitative estimate of drug-likeness (QED) is 0.405. The van der Waals surface area contributed by atoms with Crippen molar-refractivity contribution in [2.45, 2.75) is 64.0 Å². The molecule has 2 aromatic heterocycles. The molecular weight excluding hydrogens is 516 g/mol. The largest absolute Gasteiger partial charge is 0.390 e. The molecule has 3 aromatic rings. The van der Waals surface area contributed by atoms with Crippen LogP contribution in [0.4, 0.5) is 23.2 Å². The molecular formula is C27H32F4N6O2. The van der Waals surface area contributed by atoms with E-state index in [1.807, 2.05) is 36.4 Å². The van der Waals surface area contributed by atoms with Gasteiger partial charge in [0.1, 0.15) is 23.9 Å². The van der Waals surface area contributed by atoms with Crippen LogP contribution in [0.15, 0.2) is 47.7 Å². The van der Waals surface area contributed by atoms with Gasteiger partial charge in [0.05, 0.1) is 6.42 Å². The summed E-state index contributed by atoms with van der Waals surface area (Å²) in [7, 11) is 1.86. The van der Waals surface area contributed by atoms with Crippen LogP contribution < -0.4 is 10.9 Å². The summed E-state index contributed by atoms with van der Waals surface area (Å²) < 4.78 is 55.2. The maximum Gasteiger partial charge on any atom is 0.390 e. The third kappa shape index (κ3) is 7.31. The molecule has 12 heteroatoms. The summed E-state index contributed by atoms with van der Waals surface area (Å²) in [5, 5.41) is 10.8. The first kappa shape index (κ1) is 28.5. The van der Waals surface area contributed by atoms with Crippen LogP contribution in [0.2, 0.25) is 0 Å². The van der Waals surface area contributed by atoms with E-state index in [2.05, 4.69) is 15.5 Å². The Labute approximate surface area is 223 Å². The summed E-state index contributed by atoms with van der Waals surface area (Å²) in [6, 6.07) is 8.56. The fourth-order valence-corrected chi connectivity index (χ4v) is 4.73. The Hall–Kier alpha value is -3.54. The molecule has 0 aliphatic carbocycles. The first-order valence-electron chi connectivity index (χ1n) is 12.7. The first-order valence-corrected chi connectivity index (χ1v) is 12.7. The van der Waals surface area contributed by atoms with Crippen LogP contribution in [0, 0.1) is 0 Å². The van der Waals surface area contributed by atoms with E-state index < -0.39 is 36.8 Å². The molecule has 1 N–H and O–H groups in total. The number of carbonyl (C=O) groups excluding carboxylic acids is 1. The van der Waals surface area contributed by atoms with Gasteiger partial charge in [0.15, 0.2) is 0 Å². The van der Waals surface area contributed by atoms with Crippen LogP contribution in [0.25, 0.3) is 0 Å². The van der Waals surface area contributed by atoms with Crippen LogP contribution in [0.5, 0.6) is 0 Å². The molecule has 1 aliphatic rings. The molecule has 1 fully saturated rings. The standard InChI is InChI=1S/C27H32F4N6O2/c1-26(2,13-23-34-32-17-35(23)3)19-5-4-6-21(12-19)33-24(38)22-11-18(14-36-9-7-20(28)16-36)15-37(25(22)39)10-8-27(29,30)31/h4-6,11-12,15,17,20H,7-10,13-14,16H2,1-3H3,(H,33,38)/t20-/m0/s1. The molecule has 4 rings (SSSR count). The Kier molecular flexibility index (Phi) is 8.24. The number of halogens is 4. The third-order valence-corrected chi connectivity index (χ3v) is 6.95. The summed E-state index contributed by atoms with van der Waals surface area (Å²) in [5.41, 5.74) is 0.368. The van der Waals surface area contributed by atoms with E-state index in [0.29, 0.717) is 30.6 Å². The predicted molar refractivity (Wildman–Crippen MR) is 138 cm³/mol. The highest BCUT2D eigenvalue weighted by molar-refractivity contribution is 6.04. The first-order chi connectivity index (χ1) is 18.3. The highest BCUT2D eigenvalue weighted by Gasteiger charge is 2.28. The molecule has 8 nitrogen and oxygen atoms in total. The van der Waals surface area contributed by atoms with Gasteiger partial charge in [-0.3, -0.25) is 14.5 Å². The molecule has 39 heavy (non-hydrogen) atoms. The highest BCUT2D eigenvalue weighted by Crippen LogP contribution is 2.29. The maximum absolute atomic E-state index is 13.7. The number of alkyl halides is 4. The van der Waals surface area contributed by atoms with Crippen LogP contribution in [0.3, 0.4) is 0 Å². The van der Waals surface area contributed by atoms with E-state index >= 15 is 0 Å². The highest BCUT2D eigenvalue weighted by atomic mass is 19.4. The van der Waals surface area contributed by atoms with Crippen molar-refractivity contribution < 1.29 is 22.4 Å². The topological polar surface area (TPSA) is 85.1 Å². The van der Waals surface area contributed by atoms with Crippen molar-refractivity contribution in [3.05, 3.63) is 75.7 Å². The number of amides is 1. The smallest absolute Gasteiger partial charge is 0.322 e. The Balaban J connectivity index is 1.58. The van der Waals surface area contributed by atoms with Crippen LogP contribution in [0.1, 0.15) is 54.0 Å². The number of carbonyl (C=O) groups is 1. The SMILES string of the molecule is Cn1cnnc1CC(C)(C)c1cccc(NC(=O)c2cc(CN3CC[C@H](F)C3)cn(CCC(F)(F)F)c2=O)c1. The van der Waals surface area contributed by atoms with Crippen molar-refractivity contribution in [3.8, 4) is 0 Å². The number of likely N-dealkylation sites (tertiary alicyclic amines) is 1. The summed E-state index contributed by atoms with van der Waals surface area (Å²) in [6.45, 7) is 4.35. The van der Waals surface area contributed by atoms with Crippen LogP contribution in [-0.4, -0.2) is 55.6 Å². The third-order valence-electron chi connectivity index (χ3n) is 6.95. The maximum atomic E-state index is 13.7. The molecule has 1 aromatic carbocycles. The van der Waals surface area contributed by atoms with E-state index in [-0.39, 0.29) is 24.1 Å². The van der Waals surface area contributed by atoms with Crippen molar-refractivity contribution in [1.29, 1.82) is 0 Å². The second kappa shape index (κ2) is 11.3. The Morgan fingerprint density at radius 2 is 1.97 bits per heavy atom. The van der Waals surface area contributed by atoms with Gasteiger partial charge >= 0.3 is 6.18 Å². The lowest BCUT2D eigenvalue weighted by Gasteiger charge is -2.25. The Morgan fingerprint density at radius 1 is 1.21 bits per heavy atom. The zero-order valence-electron chi connectivity index (χ0n) is 22.1. The van der Waals surface area contributed by atoms with Crippen molar-refractivity contribution in [2.75, 3.05) is 18.4 Å². The zero-order chi connectivity index (χ0) is 28.4. The van der Waals surface area contributed by atoms with Gasteiger partial charge in [-0.1, -0.05) is 26.0 Å². The van der Waals surface area contributed by atoms with Crippen molar-refractivity contribution in [1.82, 2.24) is 24.2 Å². The predicted octanol–water partition coefficient (Wildman–Crippen LogP) is 4.25. The van der Waals surface area contributed by atoms with Gasteiger partial charge in [0.25, 0.3) is 11.5 Å². The number of anilines is 1. The average Bonchev–Trinajstić information content (AvgIpc) is 3.45. The average molecular weight is 549 g/mol. The van der Waals surface area contributed by atoms with Crippen LogP contribution >= 0.6 is 0 Å². The van der Waals surface area contributed by atoms with E-state index in [1.54, 1.807) is 24.5 Å². The zero-order valence-corrected chi connectivity index (χ0v) is 22.1. The van der Waals surface area contributed by atoms with Gasteiger partial charge in [-0.05, 0) is 41.2 Å². The van der Waals surface area contributed by atoms with E-state index in [9.17, 15) is 27.2 Å². The molecule has 0 spiro atoms. The van der Waals surface area contributed by atoms with Gasteiger partial charge in [-0.15, -0.1) is 10.2 Å². The number of pyridine rings is 1. The van der Waals surface area contributed by atoms with E-state index in [1.165, 1.54) is 12.3 Å². The fraction of sp³-hybridized carbons (Fsp3) is 0.481. The minimum absolute atomic E-state index is 0.195. The fourth-order valence-electron chi connectivity index (χ4n) is 4.73. The lowest BCUT2D eigenvalue weighted by Crippen LogP contribution is -2.32. The lowest BCUT2D eigenvalue weighted by molar-refractivity contribution is -0.136. The Bertz CT molecular complexity index is 1380. The molecule has 210 valence electrons. The number of aryl methyl sites for hydroxylation is 2. The summed E-state index contributed by atoms with van der Waals surface area (Å²) in [4.78, 5) is 28.1. The number of benzene rings is 1. The van der Waals surface area contributed by atoms with Gasteiger partial charge < -0.3 is 14.5 Å². The summed E-state index contributed by atoms with van der Waals surface area (Å²) in [6.07, 6.45) is -2.76. The molecule has 0 bridgehead atoms. The number of aromatic nitrogens is 4. The molecule has 1 saturated heterocycles. The van der Waals surface area contributed by atoms with Crippen molar-refractivity contribution >= 4 is 11.6 Å². The number of hydrogen-bond acceptors (Lipinski definition) is 5. The number of nitrogens with zero attached hydrogens (tertiary/aromatic N) is 5. The molecule has 0 radical (unpaired) electrons. The van der Waals surface area contributed by atoms with Crippen molar-refractivity contribution in [3.63, 3.8) is 0 Å². The van der Waals surface area contributed by atoms with Gasteiger partial charge in [-0.2, -0.15) is 13.2 Å². The van der Waals surface area contributed by atoms with Gasteiger partial charge in [0, 0.05) is 51.5 Å². The number of rotatable bonds is 9. The number of nitrogens with one attached hydrogen (secondary N) is 1. The molecule has 1 aliphatic heterocycles. The molecule has 1 amide bonds. The number of hydrogen-bond donors (Lipinski definition) is 1. The van der Waals surface area contributed by atoms with Crippen LogP contribution in [-0.2, 0) is 32.0 Å². The molecule has 3 heterocycles. The van der Waals surface area contributed by atoms with Gasteiger partial charge in [0.2, 0.25) is 0 Å². The molecule has 0 saturated carbocycles. The lowest BCUT2D eigenvalue weighted by atomic mass is 9.81. The molecule has 0 unspecified atom stereocenters.